The van der Waals surface area contributed by atoms with Crippen molar-refractivity contribution in [2.24, 2.45) is 0 Å². The van der Waals surface area contributed by atoms with Gasteiger partial charge in [-0.1, -0.05) is 12.1 Å². The van der Waals surface area contributed by atoms with Crippen LogP contribution in [0.3, 0.4) is 0 Å². The second-order valence-corrected chi connectivity index (χ2v) is 8.53. The van der Waals surface area contributed by atoms with Gasteiger partial charge in [0.05, 0.1) is 22.1 Å². The van der Waals surface area contributed by atoms with Gasteiger partial charge in [-0.05, 0) is 59.8 Å². The molecule has 0 atom stereocenters. The van der Waals surface area contributed by atoms with E-state index in [0.717, 1.165) is 48.8 Å². The molecule has 0 saturated carbocycles. The fourth-order valence-electron chi connectivity index (χ4n) is 3.33. The molecule has 0 bridgehead atoms. The number of fused-ring (bicyclic) bond motifs is 2. The molecular weight excluding hydrogens is 402 g/mol. The van der Waals surface area contributed by atoms with Gasteiger partial charge in [0.25, 0.3) is 11.1 Å². The number of benzene rings is 2. The Bertz CT molecular complexity index is 1410. The van der Waals surface area contributed by atoms with Gasteiger partial charge in [-0.3, -0.25) is 19.9 Å². The minimum absolute atomic E-state index is 0.358. The number of nitriles is 1. The third-order valence-electron chi connectivity index (χ3n) is 4.65. The van der Waals surface area contributed by atoms with E-state index >= 15 is 0 Å². The molecule has 2 amide bonds. The lowest BCUT2D eigenvalue weighted by Gasteiger charge is -2.05. The zero-order valence-electron chi connectivity index (χ0n) is 14.8. The molecule has 5 rings (SSSR count). The van der Waals surface area contributed by atoms with Gasteiger partial charge >= 0.3 is 0 Å². The average Bonchev–Trinajstić information content (AvgIpc) is 3.29. The van der Waals surface area contributed by atoms with Crippen LogP contribution in [-0.4, -0.2) is 16.1 Å². The first-order chi connectivity index (χ1) is 14.1. The van der Waals surface area contributed by atoms with Crippen molar-refractivity contribution in [3.05, 3.63) is 70.8 Å². The van der Waals surface area contributed by atoms with Crippen molar-refractivity contribution in [2.45, 2.75) is 0 Å². The maximum atomic E-state index is 11.8. The summed E-state index contributed by atoms with van der Waals surface area (Å²) in [5.41, 5.74) is 3.32. The van der Waals surface area contributed by atoms with Crippen molar-refractivity contribution in [3.8, 4) is 16.5 Å². The Hall–Kier alpha value is -3.47. The van der Waals surface area contributed by atoms with E-state index < -0.39 is 0 Å². The molecule has 3 heterocycles. The predicted molar refractivity (Wildman–Crippen MR) is 116 cm³/mol. The van der Waals surface area contributed by atoms with Crippen molar-refractivity contribution in [2.75, 3.05) is 0 Å². The van der Waals surface area contributed by atoms with Crippen LogP contribution in [0.15, 0.2) is 59.6 Å². The molecule has 1 fully saturated rings. The molecule has 5 nitrogen and oxygen atoms in total. The van der Waals surface area contributed by atoms with Gasteiger partial charge in [0.1, 0.15) is 0 Å². The van der Waals surface area contributed by atoms with Crippen molar-refractivity contribution < 1.29 is 9.59 Å². The second-order valence-electron chi connectivity index (χ2n) is 6.43. The summed E-state index contributed by atoms with van der Waals surface area (Å²) >= 11 is 2.53. The van der Waals surface area contributed by atoms with E-state index in [9.17, 15) is 14.9 Å². The summed E-state index contributed by atoms with van der Waals surface area (Å²) in [5.74, 6) is -0.375. The Morgan fingerprint density at radius 2 is 1.97 bits per heavy atom. The number of pyridine rings is 1. The number of rotatable bonds is 2. The molecule has 1 N–H and O–H groups in total. The van der Waals surface area contributed by atoms with E-state index in [2.05, 4.69) is 16.4 Å². The Morgan fingerprint density at radius 1 is 1.07 bits per heavy atom. The average molecular weight is 413 g/mol. The molecular formula is C22H11N3O2S2. The lowest BCUT2D eigenvalue weighted by molar-refractivity contribution is -0.115. The number of hydrogen-bond donors (Lipinski definition) is 1. The molecule has 0 unspecified atom stereocenters. The molecule has 0 spiro atoms. The van der Waals surface area contributed by atoms with E-state index in [-0.39, 0.29) is 11.1 Å². The Balaban J connectivity index is 1.67. The van der Waals surface area contributed by atoms with Gasteiger partial charge in [-0.15, -0.1) is 11.3 Å². The first kappa shape index (κ1) is 17.6. The van der Waals surface area contributed by atoms with E-state index in [0.29, 0.717) is 10.5 Å². The van der Waals surface area contributed by atoms with Crippen LogP contribution < -0.4 is 5.32 Å². The van der Waals surface area contributed by atoms with Crippen LogP contribution in [0.4, 0.5) is 4.79 Å². The van der Waals surface area contributed by atoms with Gasteiger partial charge in [0, 0.05) is 32.1 Å². The Morgan fingerprint density at radius 3 is 2.76 bits per heavy atom. The molecule has 138 valence electrons. The Labute approximate surface area is 173 Å². The zero-order valence-corrected chi connectivity index (χ0v) is 16.4. The van der Waals surface area contributed by atoms with E-state index in [4.69, 9.17) is 0 Å². The third kappa shape index (κ3) is 3.09. The van der Waals surface area contributed by atoms with Crippen molar-refractivity contribution in [1.29, 1.82) is 5.26 Å². The van der Waals surface area contributed by atoms with Gasteiger partial charge in [0.2, 0.25) is 0 Å². The highest BCUT2D eigenvalue weighted by molar-refractivity contribution is 8.18. The standard InChI is InChI=1S/C22H11N3O2S2/c23-11-13-2-1-3-18-15(13)10-19(28-18)14-6-7-24-17-5-4-12(8-16(14)17)9-20-21(26)25-22(27)29-20/h1-10H,(H,25,26,27). The van der Waals surface area contributed by atoms with E-state index in [1.54, 1.807) is 23.6 Å². The van der Waals surface area contributed by atoms with Crippen LogP contribution in [0.2, 0.25) is 0 Å². The van der Waals surface area contributed by atoms with Gasteiger partial charge in [0.15, 0.2) is 0 Å². The predicted octanol–water partition coefficient (Wildman–Crippen LogP) is 5.31. The lowest BCUT2D eigenvalue weighted by Crippen LogP contribution is -2.17. The summed E-state index contributed by atoms with van der Waals surface area (Å²) in [4.78, 5) is 29.1. The summed E-state index contributed by atoms with van der Waals surface area (Å²) in [6.07, 6.45) is 3.48. The number of nitrogens with zero attached hydrogens (tertiary/aromatic N) is 2. The van der Waals surface area contributed by atoms with Gasteiger partial charge in [-0.2, -0.15) is 5.26 Å². The first-order valence-corrected chi connectivity index (χ1v) is 10.3. The van der Waals surface area contributed by atoms with E-state index in [1.807, 2.05) is 48.5 Å². The van der Waals surface area contributed by atoms with Crippen molar-refractivity contribution in [3.63, 3.8) is 0 Å². The summed E-state index contributed by atoms with van der Waals surface area (Å²) in [6, 6.07) is 17.7. The molecule has 1 aliphatic rings. The summed E-state index contributed by atoms with van der Waals surface area (Å²) in [6.45, 7) is 0. The highest BCUT2D eigenvalue weighted by Crippen LogP contribution is 2.38. The van der Waals surface area contributed by atoms with Crippen LogP contribution in [0.25, 0.3) is 37.5 Å². The second kappa shape index (κ2) is 6.85. The van der Waals surface area contributed by atoms with Crippen molar-refractivity contribution in [1.82, 2.24) is 10.3 Å². The van der Waals surface area contributed by atoms with Gasteiger partial charge < -0.3 is 0 Å². The number of thioether (sulfide) groups is 1. The third-order valence-corrected chi connectivity index (χ3v) is 6.60. The fraction of sp³-hybridized carbons (Fsp3) is 0. The smallest absolute Gasteiger partial charge is 0.282 e. The fourth-order valence-corrected chi connectivity index (χ4v) is 5.14. The van der Waals surface area contributed by atoms with Crippen LogP contribution in [0, 0.1) is 11.3 Å². The molecule has 0 aliphatic carbocycles. The van der Waals surface area contributed by atoms with Crippen LogP contribution >= 0.6 is 23.1 Å². The van der Waals surface area contributed by atoms with Crippen LogP contribution in [-0.2, 0) is 4.79 Å². The van der Waals surface area contributed by atoms with Gasteiger partial charge in [-0.25, -0.2) is 0 Å². The molecule has 2 aromatic heterocycles. The Kier molecular flexibility index (Phi) is 4.16. The van der Waals surface area contributed by atoms with Crippen LogP contribution in [0.5, 0.6) is 0 Å². The summed E-state index contributed by atoms with van der Waals surface area (Å²) in [7, 11) is 0. The first-order valence-electron chi connectivity index (χ1n) is 8.69. The van der Waals surface area contributed by atoms with Crippen molar-refractivity contribution >= 4 is 61.3 Å². The number of hydrogen-bond acceptors (Lipinski definition) is 6. The van der Waals surface area contributed by atoms with Crippen LogP contribution in [0.1, 0.15) is 11.1 Å². The number of nitrogens with one attached hydrogen (secondary N) is 1. The minimum atomic E-state index is -0.375. The highest BCUT2D eigenvalue weighted by Gasteiger charge is 2.25. The largest absolute Gasteiger partial charge is 0.290 e. The molecule has 1 aliphatic heterocycles. The minimum Gasteiger partial charge on any atom is -0.282 e. The molecule has 7 heteroatoms. The molecule has 4 aromatic rings. The summed E-state index contributed by atoms with van der Waals surface area (Å²) in [5, 5.41) is 13.2. The number of aromatic nitrogens is 1. The normalized spacial score (nSPS) is 15.2. The summed E-state index contributed by atoms with van der Waals surface area (Å²) < 4.78 is 1.06. The SMILES string of the molecule is N#Cc1cccc2sc(-c3ccnc4ccc(C=C5SC(=O)NC5=O)cc34)cc12. The quantitative estimate of drug-likeness (QED) is 0.450. The van der Waals surface area contributed by atoms with E-state index in [1.165, 1.54) is 0 Å². The number of carbonyl (C=O) groups is 2. The molecule has 1 saturated heterocycles. The molecule has 29 heavy (non-hydrogen) atoms. The number of thiophene rings is 1. The monoisotopic (exact) mass is 413 g/mol. The number of imide groups is 1. The highest BCUT2D eigenvalue weighted by atomic mass is 32.2. The lowest BCUT2D eigenvalue weighted by atomic mass is 10.0. The number of carbonyl (C=O) groups excluding carboxylic acids is 2. The zero-order chi connectivity index (χ0) is 20.0. The molecule has 2 aromatic carbocycles. The maximum Gasteiger partial charge on any atom is 0.290 e. The topological polar surface area (TPSA) is 82.8 Å². The number of amides is 2. The molecule has 0 radical (unpaired) electrons. The maximum absolute atomic E-state index is 11.8.